The van der Waals surface area contributed by atoms with E-state index in [1.807, 2.05) is 30.3 Å². The molecule has 10 heteroatoms. The van der Waals surface area contributed by atoms with Gasteiger partial charge in [0.15, 0.2) is 5.82 Å². The van der Waals surface area contributed by atoms with Gasteiger partial charge in [-0.1, -0.05) is 45.0 Å². The molecule has 2 aromatic heterocycles. The van der Waals surface area contributed by atoms with E-state index in [0.29, 0.717) is 30.1 Å². The highest BCUT2D eigenvalue weighted by atomic mass is 79.9. The molecule has 200 valence electrons. The first kappa shape index (κ1) is 27.9. The zero-order valence-corrected chi connectivity index (χ0v) is 24.3. The first-order valence-corrected chi connectivity index (χ1v) is 14.0. The Morgan fingerprint density at radius 1 is 1.13 bits per heavy atom. The van der Waals surface area contributed by atoms with Gasteiger partial charge in [0.1, 0.15) is 6.04 Å². The number of halogens is 1. The van der Waals surface area contributed by atoms with Crippen molar-refractivity contribution in [1.82, 2.24) is 20.2 Å². The van der Waals surface area contributed by atoms with Crippen LogP contribution in [-0.4, -0.2) is 58.9 Å². The van der Waals surface area contributed by atoms with E-state index in [1.54, 1.807) is 23.4 Å². The number of methoxy groups -OCH3 is 1. The van der Waals surface area contributed by atoms with Crippen LogP contribution in [0.25, 0.3) is 11.4 Å². The van der Waals surface area contributed by atoms with E-state index in [4.69, 9.17) is 4.74 Å². The highest BCUT2D eigenvalue weighted by molar-refractivity contribution is 9.10. The molecule has 1 saturated heterocycles. The summed E-state index contributed by atoms with van der Waals surface area (Å²) in [5, 5.41) is 2.97. The summed E-state index contributed by atoms with van der Waals surface area (Å²) in [6.07, 6.45) is 4.23. The molecule has 3 heterocycles. The lowest BCUT2D eigenvalue weighted by Gasteiger charge is -2.24. The monoisotopic (exact) mass is 598 g/mol. The minimum absolute atomic E-state index is 0.0723. The van der Waals surface area contributed by atoms with Gasteiger partial charge in [-0.05, 0) is 45.5 Å². The Labute approximate surface area is 235 Å². The largest absolute Gasteiger partial charge is 0.469 e. The second-order valence-corrected chi connectivity index (χ2v) is 12.4. The minimum Gasteiger partial charge on any atom is -0.469 e. The van der Waals surface area contributed by atoms with Gasteiger partial charge in [0.05, 0.1) is 22.4 Å². The Bertz CT molecular complexity index is 1300. The summed E-state index contributed by atoms with van der Waals surface area (Å²) in [7, 11) is 1.35. The molecule has 2 amide bonds. The summed E-state index contributed by atoms with van der Waals surface area (Å²) in [4.78, 5) is 50.8. The van der Waals surface area contributed by atoms with Crippen LogP contribution in [0.5, 0.6) is 0 Å². The van der Waals surface area contributed by atoms with Crippen LogP contribution >= 0.6 is 27.3 Å². The normalized spacial score (nSPS) is 16.2. The van der Waals surface area contributed by atoms with Gasteiger partial charge in [0.2, 0.25) is 5.91 Å². The second-order valence-electron chi connectivity index (χ2n) is 10.4. The Hall–Kier alpha value is -3.11. The minimum atomic E-state index is -0.783. The molecular formula is C28H31BrN4O4S. The molecule has 0 unspecified atom stereocenters. The van der Waals surface area contributed by atoms with Crippen molar-refractivity contribution in [3.05, 3.63) is 68.6 Å². The molecule has 1 N–H and O–H groups in total. The molecule has 1 aliphatic rings. The van der Waals surface area contributed by atoms with Crippen LogP contribution in [0, 0.1) is 5.92 Å². The number of esters is 1. The van der Waals surface area contributed by atoms with Crippen molar-refractivity contribution in [3.8, 4) is 11.4 Å². The van der Waals surface area contributed by atoms with E-state index >= 15 is 0 Å². The van der Waals surface area contributed by atoms with E-state index in [0.717, 1.165) is 20.5 Å². The van der Waals surface area contributed by atoms with Crippen molar-refractivity contribution in [3.63, 3.8) is 0 Å². The molecule has 4 rings (SSSR count). The van der Waals surface area contributed by atoms with Crippen LogP contribution in [0.2, 0.25) is 0 Å². The van der Waals surface area contributed by atoms with Gasteiger partial charge in [0, 0.05) is 42.3 Å². The van der Waals surface area contributed by atoms with E-state index in [1.165, 1.54) is 18.4 Å². The molecule has 0 saturated carbocycles. The third-order valence-electron chi connectivity index (χ3n) is 6.48. The standard InChI is InChI=1S/C28H31BrN4O4S/c1-28(2,3)23-10-9-22(38-23)25(34)32-21(26(35)33-12-11-19(16-33)27(36)37-4)13-17-5-7-18(8-6-17)24-30-14-20(29)15-31-24/h5-10,14-15,19,21H,11-13,16H2,1-4H3,(H,32,34)/t19-,21-/m0/s1. The number of carbonyl (C=O) groups is 3. The summed E-state index contributed by atoms with van der Waals surface area (Å²) in [6, 6.07) is 10.6. The molecule has 0 bridgehead atoms. The second kappa shape index (κ2) is 11.7. The van der Waals surface area contributed by atoms with Gasteiger partial charge in [0.25, 0.3) is 5.91 Å². The van der Waals surface area contributed by atoms with Crippen molar-refractivity contribution in [1.29, 1.82) is 0 Å². The van der Waals surface area contributed by atoms with Gasteiger partial charge in [-0.15, -0.1) is 11.3 Å². The summed E-state index contributed by atoms with van der Waals surface area (Å²) < 4.78 is 5.66. The lowest BCUT2D eigenvalue weighted by Crippen LogP contribution is -2.49. The number of benzene rings is 1. The van der Waals surface area contributed by atoms with Gasteiger partial charge in [-0.3, -0.25) is 14.4 Å². The maximum Gasteiger partial charge on any atom is 0.310 e. The van der Waals surface area contributed by atoms with Crippen molar-refractivity contribution in [2.45, 2.75) is 45.1 Å². The third kappa shape index (κ3) is 6.66. The Balaban J connectivity index is 1.53. The zero-order valence-electron chi connectivity index (χ0n) is 21.9. The smallest absolute Gasteiger partial charge is 0.310 e. The predicted molar refractivity (Wildman–Crippen MR) is 150 cm³/mol. The molecule has 3 aromatic rings. The van der Waals surface area contributed by atoms with E-state index in [-0.39, 0.29) is 35.7 Å². The number of hydrogen-bond acceptors (Lipinski definition) is 7. The number of amides is 2. The Morgan fingerprint density at radius 2 is 1.82 bits per heavy atom. The first-order chi connectivity index (χ1) is 18.0. The Morgan fingerprint density at radius 3 is 2.42 bits per heavy atom. The summed E-state index contributed by atoms with van der Waals surface area (Å²) in [5.74, 6) is -0.568. The SMILES string of the molecule is COC(=O)[C@H]1CCN(C(=O)[C@H](Cc2ccc(-c3ncc(Br)cn3)cc2)NC(=O)c2ccc(C(C)(C)C)s2)C1. The zero-order chi connectivity index (χ0) is 27.4. The van der Waals surface area contributed by atoms with Gasteiger partial charge < -0.3 is 15.0 Å². The van der Waals surface area contributed by atoms with Gasteiger partial charge in [-0.2, -0.15) is 0 Å². The molecule has 1 aliphatic heterocycles. The van der Waals surface area contributed by atoms with Crippen LogP contribution in [0.4, 0.5) is 0 Å². The summed E-state index contributed by atoms with van der Waals surface area (Å²) in [5.41, 5.74) is 1.66. The fraction of sp³-hybridized carbons (Fsp3) is 0.393. The predicted octanol–water partition coefficient (Wildman–Crippen LogP) is 4.63. The molecular weight excluding hydrogens is 568 g/mol. The molecule has 0 aliphatic carbocycles. The van der Waals surface area contributed by atoms with Crippen molar-refractivity contribution < 1.29 is 19.1 Å². The highest BCUT2D eigenvalue weighted by Gasteiger charge is 2.35. The summed E-state index contributed by atoms with van der Waals surface area (Å²) in [6.45, 7) is 7.02. The average Bonchev–Trinajstić information content (AvgIpc) is 3.59. The van der Waals surface area contributed by atoms with Crippen molar-refractivity contribution in [2.75, 3.05) is 20.2 Å². The van der Waals surface area contributed by atoms with Crippen LogP contribution in [-0.2, 0) is 26.2 Å². The third-order valence-corrected chi connectivity index (χ3v) is 8.40. The first-order valence-electron chi connectivity index (χ1n) is 12.4. The molecule has 0 spiro atoms. The number of likely N-dealkylation sites (tertiary alicyclic amines) is 1. The lowest BCUT2D eigenvalue weighted by atomic mass is 9.95. The van der Waals surface area contributed by atoms with Crippen LogP contribution in [0.3, 0.4) is 0 Å². The number of nitrogens with zero attached hydrogens (tertiary/aromatic N) is 3. The lowest BCUT2D eigenvalue weighted by molar-refractivity contribution is -0.145. The number of nitrogens with one attached hydrogen (secondary N) is 1. The molecule has 1 fully saturated rings. The van der Waals surface area contributed by atoms with Crippen LogP contribution in [0.1, 0.15) is 47.3 Å². The fourth-order valence-electron chi connectivity index (χ4n) is 4.32. The average molecular weight is 600 g/mol. The molecule has 0 radical (unpaired) electrons. The number of hydrogen-bond donors (Lipinski definition) is 1. The topological polar surface area (TPSA) is 101 Å². The number of carbonyl (C=O) groups excluding carboxylic acids is 3. The number of ether oxygens (including phenoxy) is 1. The maximum atomic E-state index is 13.6. The molecule has 8 nitrogen and oxygen atoms in total. The molecule has 1 aromatic carbocycles. The summed E-state index contributed by atoms with van der Waals surface area (Å²) >= 11 is 4.77. The van der Waals surface area contributed by atoms with Crippen LogP contribution < -0.4 is 5.32 Å². The van der Waals surface area contributed by atoms with Crippen LogP contribution in [0.15, 0.2) is 53.3 Å². The van der Waals surface area contributed by atoms with E-state index in [2.05, 4.69) is 52.0 Å². The van der Waals surface area contributed by atoms with Crippen molar-refractivity contribution >= 4 is 45.1 Å². The number of thiophene rings is 1. The molecule has 38 heavy (non-hydrogen) atoms. The van der Waals surface area contributed by atoms with Gasteiger partial charge >= 0.3 is 5.97 Å². The quantitative estimate of drug-likeness (QED) is 0.398. The molecule has 2 atom stereocenters. The van der Waals surface area contributed by atoms with Gasteiger partial charge in [-0.25, -0.2) is 9.97 Å². The number of rotatable bonds is 7. The Kier molecular flexibility index (Phi) is 8.62. The van der Waals surface area contributed by atoms with E-state index in [9.17, 15) is 14.4 Å². The fourth-order valence-corrected chi connectivity index (χ4v) is 5.49. The number of aromatic nitrogens is 2. The van der Waals surface area contributed by atoms with E-state index < -0.39 is 6.04 Å². The highest BCUT2D eigenvalue weighted by Crippen LogP contribution is 2.29. The van der Waals surface area contributed by atoms with Crippen molar-refractivity contribution in [2.24, 2.45) is 5.92 Å². The maximum absolute atomic E-state index is 13.6.